The van der Waals surface area contributed by atoms with E-state index < -0.39 is 6.10 Å². The molecule has 6 heteroatoms. The lowest BCUT2D eigenvalue weighted by atomic mass is 10.2. The molecule has 3 rings (SSSR count). The molecule has 1 amide bonds. The standard InChI is InChI=1S/C18H17NO3S2/c1-23-17-5-3-2-4-13(17)18(21)19-10-14(20)16-7-6-15(22-16)12-8-9-24-11-12/h2-9,11,14,20H,10H2,1H3,(H,19,21). The normalized spacial score (nSPS) is 12.1. The highest BCUT2D eigenvalue weighted by molar-refractivity contribution is 7.98. The lowest BCUT2D eigenvalue weighted by Crippen LogP contribution is -2.28. The lowest BCUT2D eigenvalue weighted by molar-refractivity contribution is 0.0899. The van der Waals surface area contributed by atoms with Gasteiger partial charge in [-0.3, -0.25) is 4.79 Å². The van der Waals surface area contributed by atoms with Gasteiger partial charge in [-0.15, -0.1) is 11.8 Å². The summed E-state index contributed by atoms with van der Waals surface area (Å²) < 4.78 is 5.67. The summed E-state index contributed by atoms with van der Waals surface area (Å²) in [4.78, 5) is 13.2. The zero-order chi connectivity index (χ0) is 16.9. The summed E-state index contributed by atoms with van der Waals surface area (Å²) >= 11 is 3.10. The molecule has 0 spiro atoms. The lowest BCUT2D eigenvalue weighted by Gasteiger charge is -2.11. The van der Waals surface area contributed by atoms with E-state index in [1.165, 1.54) is 11.8 Å². The van der Waals surface area contributed by atoms with Gasteiger partial charge in [0, 0.05) is 15.8 Å². The largest absolute Gasteiger partial charge is 0.458 e. The molecule has 24 heavy (non-hydrogen) atoms. The second-order valence-corrected chi connectivity index (χ2v) is 6.77. The van der Waals surface area contributed by atoms with E-state index in [9.17, 15) is 9.90 Å². The SMILES string of the molecule is CSc1ccccc1C(=O)NCC(O)c1ccc(-c2ccsc2)o1. The number of carbonyl (C=O) groups is 1. The van der Waals surface area contributed by atoms with Crippen LogP contribution in [0.1, 0.15) is 22.2 Å². The highest BCUT2D eigenvalue weighted by atomic mass is 32.2. The maximum Gasteiger partial charge on any atom is 0.252 e. The number of nitrogens with one attached hydrogen (secondary N) is 1. The summed E-state index contributed by atoms with van der Waals surface area (Å²) in [6, 6.07) is 12.9. The zero-order valence-electron chi connectivity index (χ0n) is 13.1. The van der Waals surface area contributed by atoms with Gasteiger partial charge in [0.25, 0.3) is 5.91 Å². The van der Waals surface area contributed by atoms with Crippen LogP contribution in [0.25, 0.3) is 11.3 Å². The maximum atomic E-state index is 12.3. The molecule has 1 unspecified atom stereocenters. The highest BCUT2D eigenvalue weighted by Crippen LogP contribution is 2.27. The van der Waals surface area contributed by atoms with Crippen LogP contribution in [0.5, 0.6) is 0 Å². The molecule has 0 bridgehead atoms. The predicted molar refractivity (Wildman–Crippen MR) is 97.5 cm³/mol. The van der Waals surface area contributed by atoms with Crippen molar-refractivity contribution >= 4 is 29.0 Å². The number of thiophene rings is 1. The molecule has 0 radical (unpaired) electrons. The minimum Gasteiger partial charge on any atom is -0.458 e. The third kappa shape index (κ3) is 3.72. The van der Waals surface area contributed by atoms with Crippen molar-refractivity contribution in [1.29, 1.82) is 0 Å². The van der Waals surface area contributed by atoms with Crippen molar-refractivity contribution in [3.63, 3.8) is 0 Å². The summed E-state index contributed by atoms with van der Waals surface area (Å²) in [5, 5.41) is 17.0. The molecule has 1 aromatic carbocycles. The van der Waals surface area contributed by atoms with Crippen molar-refractivity contribution in [1.82, 2.24) is 5.32 Å². The molecular weight excluding hydrogens is 342 g/mol. The van der Waals surface area contributed by atoms with Gasteiger partial charge in [-0.1, -0.05) is 12.1 Å². The van der Waals surface area contributed by atoms with Crippen LogP contribution in [-0.2, 0) is 0 Å². The number of benzene rings is 1. The predicted octanol–water partition coefficient (Wildman–Crippen LogP) is 4.19. The van der Waals surface area contributed by atoms with Gasteiger partial charge in [0.05, 0.1) is 12.1 Å². The van der Waals surface area contributed by atoms with Crippen molar-refractivity contribution < 1.29 is 14.3 Å². The van der Waals surface area contributed by atoms with E-state index in [1.54, 1.807) is 23.5 Å². The topological polar surface area (TPSA) is 62.5 Å². The van der Waals surface area contributed by atoms with Crippen molar-refractivity contribution in [3.8, 4) is 11.3 Å². The molecule has 0 saturated heterocycles. The van der Waals surface area contributed by atoms with Gasteiger partial charge in [-0.2, -0.15) is 11.3 Å². The molecule has 3 aromatic rings. The van der Waals surface area contributed by atoms with E-state index in [0.29, 0.717) is 17.1 Å². The average Bonchev–Trinajstić information content (AvgIpc) is 3.30. The number of furan rings is 1. The first-order chi connectivity index (χ1) is 11.7. The third-order valence-electron chi connectivity index (χ3n) is 3.57. The van der Waals surface area contributed by atoms with Crippen LogP contribution in [0, 0.1) is 0 Å². The Morgan fingerprint density at radius 1 is 1.29 bits per heavy atom. The second-order valence-electron chi connectivity index (χ2n) is 5.14. The minimum absolute atomic E-state index is 0.0954. The van der Waals surface area contributed by atoms with Crippen LogP contribution in [0.3, 0.4) is 0 Å². The molecular formula is C18H17NO3S2. The van der Waals surface area contributed by atoms with E-state index in [1.807, 2.05) is 47.3 Å². The Hall–Kier alpha value is -2.02. The fraction of sp³-hybridized carbons (Fsp3) is 0.167. The number of amides is 1. The van der Waals surface area contributed by atoms with Crippen LogP contribution in [0.15, 0.2) is 62.5 Å². The quantitative estimate of drug-likeness (QED) is 0.648. The molecule has 4 nitrogen and oxygen atoms in total. The number of rotatable bonds is 6. The minimum atomic E-state index is -0.886. The monoisotopic (exact) mass is 359 g/mol. The molecule has 124 valence electrons. The van der Waals surface area contributed by atoms with E-state index >= 15 is 0 Å². The van der Waals surface area contributed by atoms with Gasteiger partial charge in [0.1, 0.15) is 17.6 Å². The summed E-state index contributed by atoms with van der Waals surface area (Å²) in [5.41, 5.74) is 1.59. The van der Waals surface area contributed by atoms with E-state index in [4.69, 9.17) is 4.42 Å². The maximum absolute atomic E-state index is 12.3. The van der Waals surface area contributed by atoms with Crippen LogP contribution >= 0.6 is 23.1 Å². The van der Waals surface area contributed by atoms with Gasteiger partial charge in [-0.25, -0.2) is 0 Å². The molecule has 0 aliphatic heterocycles. The molecule has 2 aromatic heterocycles. The van der Waals surface area contributed by atoms with E-state index in [-0.39, 0.29) is 12.5 Å². The van der Waals surface area contributed by atoms with Crippen molar-refractivity contribution in [2.75, 3.05) is 12.8 Å². The first kappa shape index (κ1) is 16.8. The van der Waals surface area contributed by atoms with Gasteiger partial charge >= 0.3 is 0 Å². The summed E-state index contributed by atoms with van der Waals surface area (Å²) in [5.74, 6) is 0.947. The Balaban J connectivity index is 1.63. The van der Waals surface area contributed by atoms with Crippen LogP contribution < -0.4 is 5.32 Å². The zero-order valence-corrected chi connectivity index (χ0v) is 14.7. The van der Waals surface area contributed by atoms with Gasteiger partial charge in [0.2, 0.25) is 0 Å². The van der Waals surface area contributed by atoms with Gasteiger partial charge in [0.15, 0.2) is 0 Å². The Labute approximate surface area is 148 Å². The van der Waals surface area contributed by atoms with Crippen LogP contribution in [0.2, 0.25) is 0 Å². The van der Waals surface area contributed by atoms with Crippen molar-refractivity contribution in [3.05, 3.63) is 64.5 Å². The fourth-order valence-corrected chi connectivity index (χ4v) is 3.55. The first-order valence-electron chi connectivity index (χ1n) is 7.40. The van der Waals surface area contributed by atoms with Crippen molar-refractivity contribution in [2.24, 2.45) is 0 Å². The summed E-state index contributed by atoms with van der Waals surface area (Å²) in [6.07, 6.45) is 1.04. The molecule has 2 heterocycles. The fourth-order valence-electron chi connectivity index (χ4n) is 2.31. The Bertz CT molecular complexity index is 811. The average molecular weight is 359 g/mol. The van der Waals surface area contributed by atoms with E-state index in [0.717, 1.165) is 10.5 Å². The van der Waals surface area contributed by atoms with Gasteiger partial charge < -0.3 is 14.8 Å². The Kier molecular flexibility index (Phi) is 5.40. The molecule has 0 aliphatic rings. The summed E-state index contributed by atoms with van der Waals surface area (Å²) in [7, 11) is 0. The Morgan fingerprint density at radius 2 is 2.12 bits per heavy atom. The Morgan fingerprint density at radius 3 is 2.88 bits per heavy atom. The first-order valence-corrected chi connectivity index (χ1v) is 9.57. The summed E-state index contributed by atoms with van der Waals surface area (Å²) in [6.45, 7) is 0.0954. The smallest absolute Gasteiger partial charge is 0.252 e. The van der Waals surface area contributed by atoms with Crippen molar-refractivity contribution in [2.45, 2.75) is 11.0 Å². The number of aliphatic hydroxyl groups is 1. The number of hydrogen-bond donors (Lipinski definition) is 2. The van der Waals surface area contributed by atoms with Crippen LogP contribution in [-0.4, -0.2) is 23.8 Å². The number of hydrogen-bond acceptors (Lipinski definition) is 5. The number of aliphatic hydroxyl groups excluding tert-OH is 1. The third-order valence-corrected chi connectivity index (χ3v) is 5.05. The molecule has 0 saturated carbocycles. The molecule has 0 aliphatic carbocycles. The van der Waals surface area contributed by atoms with Gasteiger partial charge in [-0.05, 0) is 42.0 Å². The van der Waals surface area contributed by atoms with E-state index in [2.05, 4.69) is 5.32 Å². The highest BCUT2D eigenvalue weighted by Gasteiger charge is 2.16. The molecule has 1 atom stereocenters. The number of carbonyl (C=O) groups excluding carboxylic acids is 1. The second kappa shape index (κ2) is 7.70. The molecule has 2 N–H and O–H groups in total. The molecule has 0 fully saturated rings. The van der Waals surface area contributed by atoms with Crippen LogP contribution in [0.4, 0.5) is 0 Å². The number of thioether (sulfide) groups is 1.